The monoisotopic (exact) mass is 281 g/mol. The molecule has 0 spiro atoms. The number of benzene rings is 1. The molecule has 2 aromatic rings. The van der Waals surface area contributed by atoms with Crippen molar-refractivity contribution in [3.05, 3.63) is 53.7 Å². The molecule has 1 aromatic heterocycles. The summed E-state index contributed by atoms with van der Waals surface area (Å²) >= 11 is 0. The molecule has 6 heteroatoms. The lowest BCUT2D eigenvalue weighted by molar-refractivity contribution is -0.138. The van der Waals surface area contributed by atoms with Gasteiger partial charge >= 0.3 is 12.1 Å². The molecule has 0 bridgehead atoms. The Hall–Kier alpha value is -2.37. The zero-order valence-electron chi connectivity index (χ0n) is 10.2. The molecule has 1 aromatic carbocycles. The van der Waals surface area contributed by atoms with Crippen LogP contribution in [0, 0.1) is 0 Å². The number of carboxylic acids is 1. The van der Waals surface area contributed by atoms with Crippen molar-refractivity contribution in [2.75, 3.05) is 0 Å². The van der Waals surface area contributed by atoms with E-state index < -0.39 is 17.7 Å². The molecule has 0 saturated carbocycles. The number of alkyl halides is 3. The Morgan fingerprint density at radius 2 is 1.95 bits per heavy atom. The maximum atomic E-state index is 12.6. The summed E-state index contributed by atoms with van der Waals surface area (Å²) in [5.74, 6) is -1.00. The Labute approximate surface area is 112 Å². The van der Waals surface area contributed by atoms with Crippen LogP contribution in [0.25, 0.3) is 11.3 Å². The van der Waals surface area contributed by atoms with Gasteiger partial charge in [0.15, 0.2) is 0 Å². The quantitative estimate of drug-likeness (QED) is 0.938. The first-order chi connectivity index (χ1) is 9.36. The smallest absolute Gasteiger partial charge is 0.416 e. The number of aromatic nitrogens is 1. The van der Waals surface area contributed by atoms with Crippen molar-refractivity contribution in [3.63, 3.8) is 0 Å². The van der Waals surface area contributed by atoms with Gasteiger partial charge in [-0.05, 0) is 23.8 Å². The third-order valence-corrected chi connectivity index (χ3v) is 2.67. The number of rotatable bonds is 3. The molecule has 0 saturated heterocycles. The summed E-state index contributed by atoms with van der Waals surface area (Å²) in [4.78, 5) is 14.5. The SMILES string of the molecule is O=C(O)Cc1cccc(-c2cc(C(F)(F)F)ccn2)c1. The predicted molar refractivity (Wildman–Crippen MR) is 66.0 cm³/mol. The number of carbonyl (C=O) groups is 1. The zero-order chi connectivity index (χ0) is 14.8. The first-order valence-corrected chi connectivity index (χ1v) is 5.70. The molecule has 104 valence electrons. The molecule has 2 rings (SSSR count). The molecule has 0 amide bonds. The highest BCUT2D eigenvalue weighted by Gasteiger charge is 2.30. The van der Waals surface area contributed by atoms with E-state index in [1.807, 2.05) is 0 Å². The first kappa shape index (κ1) is 14.0. The van der Waals surface area contributed by atoms with E-state index in [-0.39, 0.29) is 12.1 Å². The van der Waals surface area contributed by atoms with Gasteiger partial charge in [0.05, 0.1) is 17.7 Å². The van der Waals surface area contributed by atoms with Crippen molar-refractivity contribution in [1.29, 1.82) is 0 Å². The average molecular weight is 281 g/mol. The second-order valence-electron chi connectivity index (χ2n) is 4.20. The molecule has 1 N–H and O–H groups in total. The molecule has 1 heterocycles. The van der Waals surface area contributed by atoms with Crippen molar-refractivity contribution in [1.82, 2.24) is 4.98 Å². The molecule has 20 heavy (non-hydrogen) atoms. The number of nitrogens with zero attached hydrogens (tertiary/aromatic N) is 1. The van der Waals surface area contributed by atoms with Gasteiger partial charge in [-0.3, -0.25) is 9.78 Å². The van der Waals surface area contributed by atoms with E-state index in [4.69, 9.17) is 5.11 Å². The molecule has 3 nitrogen and oxygen atoms in total. The topological polar surface area (TPSA) is 50.2 Å². The molecule has 0 aliphatic heterocycles. The van der Waals surface area contributed by atoms with Crippen LogP contribution in [0.2, 0.25) is 0 Å². The third kappa shape index (κ3) is 3.34. The molecular weight excluding hydrogens is 271 g/mol. The molecule has 0 atom stereocenters. The van der Waals surface area contributed by atoms with Crippen LogP contribution in [0.15, 0.2) is 42.6 Å². The van der Waals surface area contributed by atoms with Crippen LogP contribution in [0.1, 0.15) is 11.1 Å². The van der Waals surface area contributed by atoms with Crippen molar-refractivity contribution < 1.29 is 23.1 Å². The van der Waals surface area contributed by atoms with Gasteiger partial charge in [0, 0.05) is 11.8 Å². The van der Waals surface area contributed by atoms with E-state index in [2.05, 4.69) is 4.98 Å². The first-order valence-electron chi connectivity index (χ1n) is 5.70. The zero-order valence-corrected chi connectivity index (χ0v) is 10.2. The fraction of sp³-hybridized carbons (Fsp3) is 0.143. The summed E-state index contributed by atoms with van der Waals surface area (Å²) in [5, 5.41) is 8.71. The summed E-state index contributed by atoms with van der Waals surface area (Å²) in [6, 6.07) is 8.15. The standard InChI is InChI=1S/C14H10F3NO2/c15-14(16,17)11-4-5-18-12(8-11)10-3-1-2-9(6-10)7-13(19)20/h1-6,8H,7H2,(H,19,20). The number of pyridine rings is 1. The summed E-state index contributed by atoms with van der Waals surface area (Å²) in [7, 11) is 0. The molecule has 0 aliphatic rings. The van der Waals surface area contributed by atoms with E-state index >= 15 is 0 Å². The second kappa shape index (κ2) is 5.32. The van der Waals surface area contributed by atoms with Crippen LogP contribution in [0.5, 0.6) is 0 Å². The largest absolute Gasteiger partial charge is 0.481 e. The van der Waals surface area contributed by atoms with Crippen LogP contribution in [-0.4, -0.2) is 16.1 Å². The number of hydrogen-bond donors (Lipinski definition) is 1. The summed E-state index contributed by atoms with van der Waals surface area (Å²) < 4.78 is 37.9. The highest BCUT2D eigenvalue weighted by Crippen LogP contribution is 2.31. The highest BCUT2D eigenvalue weighted by atomic mass is 19.4. The van der Waals surface area contributed by atoms with Gasteiger partial charge in [0.25, 0.3) is 0 Å². The van der Waals surface area contributed by atoms with Crippen LogP contribution in [0.4, 0.5) is 13.2 Å². The molecule has 0 radical (unpaired) electrons. The number of aliphatic carboxylic acids is 1. The fourth-order valence-corrected chi connectivity index (χ4v) is 1.78. The Balaban J connectivity index is 2.39. The number of carboxylic acid groups (broad SMARTS) is 1. The molecule has 0 unspecified atom stereocenters. The van der Waals surface area contributed by atoms with Crippen molar-refractivity contribution >= 4 is 5.97 Å². The van der Waals surface area contributed by atoms with Gasteiger partial charge in [0.1, 0.15) is 0 Å². The van der Waals surface area contributed by atoms with Gasteiger partial charge in [-0.15, -0.1) is 0 Å². The van der Waals surface area contributed by atoms with Gasteiger partial charge in [-0.25, -0.2) is 0 Å². The van der Waals surface area contributed by atoms with Crippen molar-refractivity contribution in [2.24, 2.45) is 0 Å². The third-order valence-electron chi connectivity index (χ3n) is 2.67. The minimum Gasteiger partial charge on any atom is -0.481 e. The maximum Gasteiger partial charge on any atom is 0.416 e. The fourth-order valence-electron chi connectivity index (χ4n) is 1.78. The van der Waals surface area contributed by atoms with E-state index in [9.17, 15) is 18.0 Å². The molecular formula is C14H10F3NO2. The second-order valence-corrected chi connectivity index (χ2v) is 4.20. The Morgan fingerprint density at radius 1 is 1.20 bits per heavy atom. The van der Waals surface area contributed by atoms with Crippen LogP contribution in [-0.2, 0) is 17.4 Å². The number of hydrogen-bond acceptors (Lipinski definition) is 2. The summed E-state index contributed by atoms with van der Waals surface area (Å²) in [6.45, 7) is 0. The lowest BCUT2D eigenvalue weighted by Crippen LogP contribution is -2.05. The minimum absolute atomic E-state index is 0.159. The van der Waals surface area contributed by atoms with Gasteiger partial charge in [-0.1, -0.05) is 18.2 Å². The average Bonchev–Trinajstić information content (AvgIpc) is 2.37. The lowest BCUT2D eigenvalue weighted by Gasteiger charge is -2.08. The number of halogens is 3. The van der Waals surface area contributed by atoms with Crippen LogP contribution in [0.3, 0.4) is 0 Å². The van der Waals surface area contributed by atoms with Crippen LogP contribution < -0.4 is 0 Å². The maximum absolute atomic E-state index is 12.6. The summed E-state index contributed by atoms with van der Waals surface area (Å²) in [6.07, 6.45) is -3.54. The van der Waals surface area contributed by atoms with Gasteiger partial charge in [-0.2, -0.15) is 13.2 Å². The molecule has 0 aliphatic carbocycles. The van der Waals surface area contributed by atoms with E-state index in [0.29, 0.717) is 11.1 Å². The Bertz CT molecular complexity index is 638. The van der Waals surface area contributed by atoms with Gasteiger partial charge in [0.2, 0.25) is 0 Å². The van der Waals surface area contributed by atoms with E-state index in [1.165, 1.54) is 6.07 Å². The highest BCUT2D eigenvalue weighted by molar-refractivity contribution is 5.71. The summed E-state index contributed by atoms with van der Waals surface area (Å²) in [5.41, 5.74) is 0.335. The van der Waals surface area contributed by atoms with Crippen molar-refractivity contribution in [3.8, 4) is 11.3 Å². The van der Waals surface area contributed by atoms with E-state index in [1.54, 1.807) is 18.2 Å². The molecule has 0 fully saturated rings. The normalized spacial score (nSPS) is 11.3. The minimum atomic E-state index is -4.43. The predicted octanol–water partition coefficient (Wildman–Crippen LogP) is 3.39. The lowest BCUT2D eigenvalue weighted by atomic mass is 10.0. The van der Waals surface area contributed by atoms with E-state index in [0.717, 1.165) is 18.3 Å². The Morgan fingerprint density at radius 3 is 2.60 bits per heavy atom. The Kier molecular flexibility index (Phi) is 3.74. The van der Waals surface area contributed by atoms with Gasteiger partial charge < -0.3 is 5.11 Å². The van der Waals surface area contributed by atoms with Crippen molar-refractivity contribution in [2.45, 2.75) is 12.6 Å². The van der Waals surface area contributed by atoms with Crippen LogP contribution >= 0.6 is 0 Å².